The Morgan fingerprint density at radius 3 is 2.17 bits per heavy atom. The van der Waals surface area contributed by atoms with Gasteiger partial charge in [-0.25, -0.2) is 9.59 Å². The van der Waals surface area contributed by atoms with Gasteiger partial charge in [0.25, 0.3) is 5.91 Å². The maximum atomic E-state index is 14.3. The van der Waals surface area contributed by atoms with Crippen molar-refractivity contribution in [1.29, 1.82) is 0 Å². The zero-order valence-corrected chi connectivity index (χ0v) is 29.6. The molecule has 0 aromatic heterocycles. The lowest BCUT2D eigenvalue weighted by atomic mass is 9.85. The fourth-order valence-corrected chi connectivity index (χ4v) is 6.85. The molecule has 13 nitrogen and oxygen atoms in total. The second kappa shape index (κ2) is 13.9. The summed E-state index contributed by atoms with van der Waals surface area (Å²) >= 11 is 0. The van der Waals surface area contributed by atoms with Gasteiger partial charge in [-0.05, 0) is 46.8 Å². The van der Waals surface area contributed by atoms with Gasteiger partial charge < -0.3 is 36.6 Å². The van der Waals surface area contributed by atoms with Crippen LogP contribution in [0.2, 0.25) is 0 Å². The first-order chi connectivity index (χ1) is 22.2. The molecule has 6 amide bonds. The predicted octanol–water partition coefficient (Wildman–Crippen LogP) is 2.55. The average Bonchev–Trinajstić information content (AvgIpc) is 3.83. The SMILES string of the molecule is CC(C)(C)[C@H](NC(=O)N[C@H](COC(=O)NC1C=CC=CC1)C(C)(C)C)C(=O)N1CC2[C@@H](C1C(=O)NC(CC1CC1)C(=O)C(N)=O)C2(C)C. The third kappa shape index (κ3) is 8.76. The van der Waals surface area contributed by atoms with Gasteiger partial charge in [0.15, 0.2) is 0 Å². The van der Waals surface area contributed by atoms with Crippen LogP contribution >= 0.6 is 0 Å². The summed E-state index contributed by atoms with van der Waals surface area (Å²) in [7, 11) is 0. The molecule has 3 aliphatic carbocycles. The van der Waals surface area contributed by atoms with Gasteiger partial charge in [0.2, 0.25) is 17.6 Å². The highest BCUT2D eigenvalue weighted by Crippen LogP contribution is 2.65. The van der Waals surface area contributed by atoms with Crippen LogP contribution < -0.4 is 27.0 Å². The Kier molecular flexibility index (Phi) is 10.7. The third-order valence-corrected chi connectivity index (χ3v) is 10.3. The zero-order valence-electron chi connectivity index (χ0n) is 29.6. The molecule has 1 saturated heterocycles. The van der Waals surface area contributed by atoms with Crippen molar-refractivity contribution in [2.75, 3.05) is 13.2 Å². The molecule has 13 heteroatoms. The number of Topliss-reactive ketones (excluding diaryl/α,β-unsaturated/α-hetero) is 1. The van der Waals surface area contributed by atoms with Crippen molar-refractivity contribution in [2.45, 2.75) is 111 Å². The number of hydrogen-bond donors (Lipinski definition) is 5. The lowest BCUT2D eigenvalue weighted by molar-refractivity contribution is -0.145. The Bertz CT molecular complexity index is 1360. The molecule has 7 atom stereocenters. The van der Waals surface area contributed by atoms with Gasteiger partial charge in [0, 0.05) is 6.54 Å². The van der Waals surface area contributed by atoms with Crippen LogP contribution in [0.1, 0.15) is 81.1 Å². The van der Waals surface area contributed by atoms with E-state index < -0.39 is 70.6 Å². The molecule has 0 bridgehead atoms. The van der Waals surface area contributed by atoms with E-state index in [0.717, 1.165) is 12.8 Å². The van der Waals surface area contributed by atoms with E-state index in [4.69, 9.17) is 10.5 Å². The van der Waals surface area contributed by atoms with Gasteiger partial charge in [-0.2, -0.15) is 0 Å². The van der Waals surface area contributed by atoms with E-state index in [1.54, 1.807) is 0 Å². The van der Waals surface area contributed by atoms with Gasteiger partial charge in [0.05, 0.1) is 18.1 Å². The molecule has 4 unspecified atom stereocenters. The van der Waals surface area contributed by atoms with Crippen LogP contribution in [0.4, 0.5) is 9.59 Å². The number of nitrogens with two attached hydrogens (primary N) is 1. The lowest BCUT2D eigenvalue weighted by Crippen LogP contribution is -2.62. The van der Waals surface area contributed by atoms with E-state index in [1.807, 2.05) is 79.7 Å². The predicted molar refractivity (Wildman–Crippen MR) is 179 cm³/mol. The van der Waals surface area contributed by atoms with Crippen LogP contribution in [0.3, 0.4) is 0 Å². The lowest BCUT2D eigenvalue weighted by Gasteiger charge is -2.38. The molecule has 48 heavy (non-hydrogen) atoms. The monoisotopic (exact) mass is 670 g/mol. The molecule has 3 fully saturated rings. The van der Waals surface area contributed by atoms with Crippen LogP contribution in [0.5, 0.6) is 0 Å². The number of nitrogens with zero attached hydrogens (tertiary/aromatic N) is 1. The summed E-state index contributed by atoms with van der Waals surface area (Å²) in [5, 5.41) is 11.3. The molecule has 6 N–H and O–H groups in total. The highest BCUT2D eigenvalue weighted by Gasteiger charge is 2.70. The summed E-state index contributed by atoms with van der Waals surface area (Å²) in [5.41, 5.74) is 3.85. The molecule has 0 spiro atoms. The summed E-state index contributed by atoms with van der Waals surface area (Å²) in [6.45, 7) is 15.5. The van der Waals surface area contributed by atoms with Crippen molar-refractivity contribution in [3.8, 4) is 0 Å². The van der Waals surface area contributed by atoms with Crippen LogP contribution in [-0.4, -0.2) is 83.9 Å². The molecule has 1 aliphatic heterocycles. The first-order valence-corrected chi connectivity index (χ1v) is 17.0. The van der Waals surface area contributed by atoms with Crippen molar-refractivity contribution >= 4 is 35.6 Å². The fraction of sp³-hybridized carbons (Fsp3) is 0.714. The Morgan fingerprint density at radius 1 is 0.958 bits per heavy atom. The topological polar surface area (TPSA) is 189 Å². The van der Waals surface area contributed by atoms with Gasteiger partial charge >= 0.3 is 12.1 Å². The maximum Gasteiger partial charge on any atom is 0.407 e. The highest BCUT2D eigenvalue weighted by atomic mass is 16.5. The maximum absolute atomic E-state index is 14.3. The van der Waals surface area contributed by atoms with Crippen LogP contribution in [0, 0.1) is 34.0 Å². The quantitative estimate of drug-likeness (QED) is 0.197. The standard InChI is InChI=1S/C35H54N6O7/c1-33(2,3)23(18-48-32(47)37-20-12-10-9-11-13-20)39-31(46)40-27(34(4,5)6)30(45)41-17-21-24(35(21,7)8)25(41)29(44)38-22(16-19-14-15-19)26(42)28(36)43/h9-12,19-25,27H,13-18H2,1-8H3,(H2,36,43)(H,37,47)(H,38,44)(H2,39,40,46)/t20?,21?,22?,23-,24+,25?,27-/m1/s1. The number of piperidine rings is 1. The minimum absolute atomic E-state index is 0.0639. The number of carbonyl (C=O) groups excluding carboxylic acids is 6. The van der Waals surface area contributed by atoms with Crippen molar-refractivity contribution in [3.05, 3.63) is 24.3 Å². The second-order valence-corrected chi connectivity index (χ2v) is 16.6. The summed E-state index contributed by atoms with van der Waals surface area (Å²) in [5.74, 6) is -2.71. The number of allylic oxidation sites excluding steroid dienone is 2. The smallest absolute Gasteiger partial charge is 0.407 e. The van der Waals surface area contributed by atoms with E-state index in [0.29, 0.717) is 19.4 Å². The van der Waals surface area contributed by atoms with Gasteiger partial charge in [-0.15, -0.1) is 0 Å². The fourth-order valence-electron chi connectivity index (χ4n) is 6.85. The number of hydrogen-bond acceptors (Lipinski definition) is 7. The minimum atomic E-state index is -1.11. The molecule has 0 aromatic rings. The van der Waals surface area contributed by atoms with E-state index in [1.165, 1.54) is 4.90 Å². The Hall–Kier alpha value is -3.90. The number of urea groups is 1. The number of ether oxygens (including phenoxy) is 1. The Balaban J connectivity index is 1.45. The summed E-state index contributed by atoms with van der Waals surface area (Å²) in [6.07, 6.45) is 9.77. The first kappa shape index (κ1) is 36.9. The number of ketones is 1. The molecular weight excluding hydrogens is 616 g/mol. The third-order valence-electron chi connectivity index (χ3n) is 10.3. The van der Waals surface area contributed by atoms with E-state index in [-0.39, 0.29) is 35.8 Å². The Morgan fingerprint density at radius 2 is 1.62 bits per heavy atom. The summed E-state index contributed by atoms with van der Waals surface area (Å²) < 4.78 is 5.48. The largest absolute Gasteiger partial charge is 0.447 e. The molecule has 2 saturated carbocycles. The van der Waals surface area contributed by atoms with Crippen LogP contribution in [0.15, 0.2) is 24.3 Å². The van der Waals surface area contributed by atoms with Gasteiger partial charge in [0.1, 0.15) is 18.7 Å². The second-order valence-electron chi connectivity index (χ2n) is 16.6. The number of alkyl carbamates (subject to hydrolysis) is 1. The van der Waals surface area contributed by atoms with Crippen molar-refractivity contribution in [2.24, 2.45) is 39.7 Å². The number of amides is 6. The van der Waals surface area contributed by atoms with E-state index >= 15 is 0 Å². The number of carbonyl (C=O) groups is 6. The highest BCUT2D eigenvalue weighted by molar-refractivity contribution is 6.37. The molecule has 1 heterocycles. The van der Waals surface area contributed by atoms with Crippen molar-refractivity contribution in [1.82, 2.24) is 26.2 Å². The van der Waals surface area contributed by atoms with E-state index in [9.17, 15) is 28.8 Å². The number of rotatable bonds is 12. The first-order valence-electron chi connectivity index (χ1n) is 17.0. The molecule has 0 aromatic carbocycles. The van der Waals surface area contributed by atoms with Crippen molar-refractivity contribution < 1.29 is 33.5 Å². The number of primary amides is 1. The van der Waals surface area contributed by atoms with Crippen molar-refractivity contribution in [3.63, 3.8) is 0 Å². The normalized spacial score (nSPS) is 26.0. The number of likely N-dealkylation sites (tertiary alicyclic amines) is 1. The summed E-state index contributed by atoms with van der Waals surface area (Å²) in [4.78, 5) is 80.0. The van der Waals surface area contributed by atoms with E-state index in [2.05, 4.69) is 21.3 Å². The molecule has 266 valence electrons. The number of fused-ring (bicyclic) bond motifs is 1. The molecule has 4 rings (SSSR count). The summed E-state index contributed by atoms with van der Waals surface area (Å²) in [6, 6.07) is -4.32. The van der Waals surface area contributed by atoms with Gasteiger partial charge in [-0.3, -0.25) is 19.2 Å². The van der Waals surface area contributed by atoms with Crippen LogP contribution in [-0.2, 0) is 23.9 Å². The zero-order chi connectivity index (χ0) is 35.8. The van der Waals surface area contributed by atoms with Crippen LogP contribution in [0.25, 0.3) is 0 Å². The molecular formula is C35H54N6O7. The Labute approximate surface area is 283 Å². The van der Waals surface area contributed by atoms with Gasteiger partial charge in [-0.1, -0.05) is 92.5 Å². The minimum Gasteiger partial charge on any atom is -0.447 e. The molecule has 4 aliphatic rings. The average molecular weight is 671 g/mol. The molecule has 0 radical (unpaired) electrons. The number of nitrogens with one attached hydrogen (secondary N) is 4.